The Bertz CT molecular complexity index is 1730. The SMILES string of the molecule is CC(C)(C)c1ccc(N(Cc2ccc(C(=O)NCCC(=O)O)cc2)c2nc(-c3ccc(Cl)cc3)c(-c3ccccc3)s2)cc1. The number of thiazole rings is 1. The number of aliphatic carboxylic acids is 1. The molecule has 1 heterocycles. The highest BCUT2D eigenvalue weighted by atomic mass is 35.5. The van der Waals surface area contributed by atoms with Gasteiger partial charge in [-0.3, -0.25) is 9.59 Å². The van der Waals surface area contributed by atoms with Crippen LogP contribution in [0.2, 0.25) is 5.02 Å². The number of nitrogens with one attached hydrogen (secondary N) is 1. The highest BCUT2D eigenvalue weighted by Crippen LogP contribution is 2.43. The first-order valence-corrected chi connectivity index (χ1v) is 15.6. The third kappa shape index (κ3) is 7.54. The fraction of sp³-hybridized carbons (Fsp3) is 0.194. The minimum Gasteiger partial charge on any atom is -0.481 e. The minimum atomic E-state index is -0.951. The Balaban J connectivity index is 1.53. The number of halogens is 1. The van der Waals surface area contributed by atoms with Gasteiger partial charge in [-0.1, -0.05) is 110 Å². The number of carboxylic acid groups (broad SMARTS) is 1. The lowest BCUT2D eigenvalue weighted by Gasteiger charge is -2.24. The predicted molar refractivity (Wildman–Crippen MR) is 180 cm³/mol. The number of rotatable bonds is 10. The molecule has 0 fully saturated rings. The second kappa shape index (κ2) is 13.5. The van der Waals surface area contributed by atoms with Crippen LogP contribution in [0.15, 0.2) is 103 Å². The van der Waals surface area contributed by atoms with Gasteiger partial charge in [0.1, 0.15) is 0 Å². The van der Waals surface area contributed by atoms with Gasteiger partial charge in [-0.2, -0.15) is 0 Å². The number of nitrogens with zero attached hydrogens (tertiary/aromatic N) is 2. The van der Waals surface area contributed by atoms with Gasteiger partial charge >= 0.3 is 5.97 Å². The average molecular weight is 624 g/mol. The maximum Gasteiger partial charge on any atom is 0.305 e. The first kappa shape index (κ1) is 31.0. The van der Waals surface area contributed by atoms with Gasteiger partial charge in [0.2, 0.25) is 0 Å². The molecule has 224 valence electrons. The molecule has 1 amide bonds. The zero-order valence-electron chi connectivity index (χ0n) is 24.9. The van der Waals surface area contributed by atoms with Crippen molar-refractivity contribution in [1.82, 2.24) is 10.3 Å². The zero-order valence-corrected chi connectivity index (χ0v) is 26.5. The van der Waals surface area contributed by atoms with E-state index >= 15 is 0 Å². The lowest BCUT2D eigenvalue weighted by Crippen LogP contribution is -2.26. The molecule has 5 aromatic rings. The molecule has 0 radical (unpaired) electrons. The standard InChI is InChI=1S/C36H34ClN3O3S/c1-36(2,3)28-15-19-30(20-16-28)40(23-24-9-11-27(12-10-24)34(43)38-22-21-31(41)42)35-39-32(25-13-17-29(37)18-14-25)33(44-35)26-7-5-4-6-8-26/h4-20H,21-23H2,1-3H3,(H,38,43)(H,41,42). The Kier molecular flexibility index (Phi) is 9.47. The Hall–Kier alpha value is -4.46. The van der Waals surface area contributed by atoms with Crippen molar-refractivity contribution in [3.8, 4) is 21.7 Å². The average Bonchev–Trinajstić information content (AvgIpc) is 3.45. The van der Waals surface area contributed by atoms with Crippen molar-refractivity contribution in [3.05, 3.63) is 125 Å². The summed E-state index contributed by atoms with van der Waals surface area (Å²) in [5.74, 6) is -1.25. The molecule has 0 spiro atoms. The maximum absolute atomic E-state index is 12.5. The van der Waals surface area contributed by atoms with Crippen LogP contribution in [0, 0.1) is 0 Å². The van der Waals surface area contributed by atoms with Crippen LogP contribution in [0.4, 0.5) is 10.8 Å². The second-order valence-electron chi connectivity index (χ2n) is 11.5. The van der Waals surface area contributed by atoms with Crippen molar-refractivity contribution in [3.63, 3.8) is 0 Å². The quantitative estimate of drug-likeness (QED) is 0.162. The summed E-state index contributed by atoms with van der Waals surface area (Å²) in [6.45, 7) is 7.20. The Morgan fingerprint density at radius 1 is 0.864 bits per heavy atom. The van der Waals surface area contributed by atoms with Crippen LogP contribution in [0.25, 0.3) is 21.7 Å². The topological polar surface area (TPSA) is 82.5 Å². The fourth-order valence-corrected chi connectivity index (χ4v) is 5.99. The first-order valence-electron chi connectivity index (χ1n) is 14.4. The number of hydrogen-bond acceptors (Lipinski definition) is 5. The van der Waals surface area contributed by atoms with Crippen molar-refractivity contribution < 1.29 is 14.7 Å². The summed E-state index contributed by atoms with van der Waals surface area (Å²) in [7, 11) is 0. The molecule has 0 atom stereocenters. The lowest BCUT2D eigenvalue weighted by molar-refractivity contribution is -0.136. The minimum absolute atomic E-state index is 0.0215. The van der Waals surface area contributed by atoms with E-state index in [0.717, 1.165) is 38.1 Å². The number of aromatic nitrogens is 1. The van der Waals surface area contributed by atoms with Crippen molar-refractivity contribution >= 4 is 45.6 Å². The summed E-state index contributed by atoms with van der Waals surface area (Å²) in [4.78, 5) is 31.8. The van der Waals surface area contributed by atoms with E-state index in [2.05, 4.69) is 67.4 Å². The molecule has 0 aliphatic heterocycles. The summed E-state index contributed by atoms with van der Waals surface area (Å²) >= 11 is 7.85. The molecule has 2 N–H and O–H groups in total. The first-order chi connectivity index (χ1) is 21.1. The van der Waals surface area contributed by atoms with E-state index in [-0.39, 0.29) is 24.3 Å². The third-order valence-electron chi connectivity index (χ3n) is 7.23. The molecule has 8 heteroatoms. The van der Waals surface area contributed by atoms with Gasteiger partial charge in [0, 0.05) is 28.4 Å². The van der Waals surface area contributed by atoms with Crippen molar-refractivity contribution in [2.75, 3.05) is 11.4 Å². The van der Waals surface area contributed by atoms with Crippen LogP contribution in [0.5, 0.6) is 0 Å². The van der Waals surface area contributed by atoms with Gasteiger partial charge in [0.15, 0.2) is 5.13 Å². The van der Waals surface area contributed by atoms with E-state index < -0.39 is 5.97 Å². The van der Waals surface area contributed by atoms with Gasteiger partial charge < -0.3 is 15.3 Å². The van der Waals surface area contributed by atoms with E-state index in [1.54, 1.807) is 23.5 Å². The molecule has 0 aliphatic carbocycles. The summed E-state index contributed by atoms with van der Waals surface area (Å²) in [5.41, 5.74) is 6.70. The molecule has 44 heavy (non-hydrogen) atoms. The normalized spacial score (nSPS) is 11.3. The molecule has 0 unspecified atom stereocenters. The smallest absolute Gasteiger partial charge is 0.305 e. The van der Waals surface area contributed by atoms with Gasteiger partial charge in [-0.15, -0.1) is 0 Å². The van der Waals surface area contributed by atoms with Gasteiger partial charge in [-0.25, -0.2) is 4.98 Å². The van der Waals surface area contributed by atoms with Crippen molar-refractivity contribution in [2.45, 2.75) is 39.2 Å². The summed E-state index contributed by atoms with van der Waals surface area (Å²) in [5, 5.41) is 13.0. The number of carbonyl (C=O) groups is 2. The van der Waals surface area contributed by atoms with Crippen molar-refractivity contribution in [1.29, 1.82) is 0 Å². The monoisotopic (exact) mass is 623 g/mol. The molecular weight excluding hydrogens is 590 g/mol. The van der Waals surface area contributed by atoms with E-state index in [0.29, 0.717) is 17.1 Å². The number of amides is 1. The van der Waals surface area contributed by atoms with Crippen LogP contribution in [0.1, 0.15) is 48.7 Å². The number of anilines is 2. The number of carbonyl (C=O) groups excluding carboxylic acids is 1. The second-order valence-corrected chi connectivity index (χ2v) is 12.9. The molecule has 0 saturated carbocycles. The zero-order chi connectivity index (χ0) is 31.3. The van der Waals surface area contributed by atoms with Crippen LogP contribution in [-0.4, -0.2) is 28.5 Å². The Morgan fingerprint density at radius 2 is 1.52 bits per heavy atom. The van der Waals surface area contributed by atoms with Crippen LogP contribution in [-0.2, 0) is 16.8 Å². The molecule has 0 bridgehead atoms. The Labute approximate surface area is 267 Å². The molecule has 6 nitrogen and oxygen atoms in total. The molecule has 0 saturated heterocycles. The lowest BCUT2D eigenvalue weighted by atomic mass is 9.87. The molecule has 4 aromatic carbocycles. The third-order valence-corrected chi connectivity index (χ3v) is 8.61. The highest BCUT2D eigenvalue weighted by molar-refractivity contribution is 7.19. The van der Waals surface area contributed by atoms with Gasteiger partial charge in [-0.05, 0) is 58.5 Å². The van der Waals surface area contributed by atoms with E-state index in [1.165, 1.54) is 5.56 Å². The van der Waals surface area contributed by atoms with E-state index in [9.17, 15) is 9.59 Å². The van der Waals surface area contributed by atoms with Crippen LogP contribution < -0.4 is 10.2 Å². The maximum atomic E-state index is 12.5. The van der Waals surface area contributed by atoms with Crippen molar-refractivity contribution in [2.24, 2.45) is 0 Å². The molecular formula is C36H34ClN3O3S. The summed E-state index contributed by atoms with van der Waals surface area (Å²) in [6, 6.07) is 34.0. The fourth-order valence-electron chi connectivity index (χ4n) is 4.75. The van der Waals surface area contributed by atoms with E-state index in [1.807, 2.05) is 54.6 Å². The van der Waals surface area contributed by atoms with Gasteiger partial charge in [0.25, 0.3) is 5.91 Å². The molecule has 0 aliphatic rings. The predicted octanol–water partition coefficient (Wildman–Crippen LogP) is 8.97. The largest absolute Gasteiger partial charge is 0.481 e. The molecule has 1 aromatic heterocycles. The van der Waals surface area contributed by atoms with Gasteiger partial charge in [0.05, 0.1) is 23.5 Å². The van der Waals surface area contributed by atoms with Crippen LogP contribution in [0.3, 0.4) is 0 Å². The van der Waals surface area contributed by atoms with Crippen LogP contribution >= 0.6 is 22.9 Å². The number of benzene rings is 4. The number of carboxylic acids is 1. The number of hydrogen-bond donors (Lipinski definition) is 2. The summed E-state index contributed by atoms with van der Waals surface area (Å²) in [6.07, 6.45) is -0.121. The van der Waals surface area contributed by atoms with E-state index in [4.69, 9.17) is 21.7 Å². The highest BCUT2D eigenvalue weighted by Gasteiger charge is 2.22. The summed E-state index contributed by atoms with van der Waals surface area (Å²) < 4.78 is 0. The molecule has 5 rings (SSSR count). The Morgan fingerprint density at radius 3 is 2.14 bits per heavy atom.